The molecule has 134 valence electrons. The number of aromatic nitrogens is 3. The number of nitrogens with one attached hydrogen (secondary N) is 1. The topological polar surface area (TPSA) is 84.2 Å². The van der Waals surface area contributed by atoms with Crippen LogP contribution in [0.15, 0.2) is 40.4 Å². The first kappa shape index (κ1) is 16.7. The van der Waals surface area contributed by atoms with Crippen molar-refractivity contribution < 1.29 is 9.32 Å². The van der Waals surface area contributed by atoms with Crippen molar-refractivity contribution in [3.05, 3.63) is 46.5 Å². The van der Waals surface area contributed by atoms with Crippen LogP contribution in [-0.4, -0.2) is 40.2 Å². The van der Waals surface area contributed by atoms with Crippen LogP contribution in [0.4, 0.5) is 5.82 Å². The highest BCUT2D eigenvalue weighted by Crippen LogP contribution is 2.22. The van der Waals surface area contributed by atoms with Gasteiger partial charge in [-0.05, 0) is 36.9 Å². The molecule has 4 rings (SSSR count). The number of thiophene rings is 1. The highest BCUT2D eigenvalue weighted by Gasteiger charge is 2.25. The fraction of sp³-hybridized carbons (Fsp3) is 0.333. The van der Waals surface area contributed by atoms with E-state index in [-0.39, 0.29) is 11.9 Å². The third-order valence-electron chi connectivity index (χ3n) is 4.31. The van der Waals surface area contributed by atoms with Gasteiger partial charge < -0.3 is 14.7 Å². The lowest BCUT2D eigenvalue weighted by atomic mass is 10.2. The van der Waals surface area contributed by atoms with Gasteiger partial charge in [0.05, 0.1) is 12.0 Å². The summed E-state index contributed by atoms with van der Waals surface area (Å²) in [4.78, 5) is 24.1. The molecule has 0 radical (unpaired) electrons. The van der Waals surface area contributed by atoms with Gasteiger partial charge >= 0.3 is 0 Å². The van der Waals surface area contributed by atoms with E-state index < -0.39 is 0 Å². The third kappa shape index (κ3) is 3.75. The van der Waals surface area contributed by atoms with E-state index in [1.165, 1.54) is 0 Å². The third-order valence-corrected chi connectivity index (χ3v) is 5.19. The lowest BCUT2D eigenvalue weighted by molar-refractivity contribution is -0.120. The van der Waals surface area contributed by atoms with Crippen molar-refractivity contribution in [2.45, 2.75) is 25.8 Å². The van der Waals surface area contributed by atoms with Gasteiger partial charge in [-0.15, -0.1) is 11.3 Å². The van der Waals surface area contributed by atoms with Crippen LogP contribution in [0.3, 0.4) is 0 Å². The van der Waals surface area contributed by atoms with Crippen molar-refractivity contribution in [1.82, 2.24) is 20.4 Å². The van der Waals surface area contributed by atoms with Crippen LogP contribution in [0.25, 0.3) is 11.5 Å². The van der Waals surface area contributed by atoms with Crippen LogP contribution in [-0.2, 0) is 11.2 Å². The van der Waals surface area contributed by atoms with Crippen molar-refractivity contribution in [3.63, 3.8) is 0 Å². The average molecular weight is 369 g/mol. The molecule has 0 saturated carbocycles. The molecule has 3 aromatic rings. The van der Waals surface area contributed by atoms with E-state index in [1.807, 2.05) is 29.6 Å². The Morgan fingerprint density at radius 1 is 1.42 bits per heavy atom. The van der Waals surface area contributed by atoms with Crippen molar-refractivity contribution in [3.8, 4) is 11.5 Å². The van der Waals surface area contributed by atoms with Gasteiger partial charge in [-0.2, -0.15) is 4.98 Å². The predicted molar refractivity (Wildman–Crippen MR) is 99.0 cm³/mol. The van der Waals surface area contributed by atoms with Crippen LogP contribution in [0.1, 0.15) is 17.1 Å². The molecule has 1 N–H and O–H groups in total. The lowest BCUT2D eigenvalue weighted by Crippen LogP contribution is -2.37. The molecule has 0 aliphatic carbocycles. The summed E-state index contributed by atoms with van der Waals surface area (Å²) in [6.07, 6.45) is 3.11. The van der Waals surface area contributed by atoms with Crippen LogP contribution in [0, 0.1) is 6.92 Å². The molecule has 1 aliphatic rings. The Labute approximate surface area is 155 Å². The second-order valence-electron chi connectivity index (χ2n) is 6.31. The molecule has 1 amide bonds. The molecule has 7 nitrogen and oxygen atoms in total. The van der Waals surface area contributed by atoms with Gasteiger partial charge in [-0.3, -0.25) is 4.79 Å². The highest BCUT2D eigenvalue weighted by molar-refractivity contribution is 7.10. The molecule has 0 aromatic carbocycles. The zero-order valence-corrected chi connectivity index (χ0v) is 15.2. The van der Waals surface area contributed by atoms with Gasteiger partial charge in [0, 0.05) is 30.2 Å². The second-order valence-corrected chi connectivity index (χ2v) is 7.34. The Balaban J connectivity index is 1.34. The summed E-state index contributed by atoms with van der Waals surface area (Å²) in [5.74, 6) is 2.04. The number of carbonyl (C=O) groups excluding carboxylic acids is 1. The van der Waals surface area contributed by atoms with E-state index in [2.05, 4.69) is 25.3 Å². The molecule has 4 heterocycles. The first-order chi connectivity index (χ1) is 12.7. The van der Waals surface area contributed by atoms with E-state index in [1.54, 1.807) is 24.5 Å². The molecule has 8 heteroatoms. The summed E-state index contributed by atoms with van der Waals surface area (Å²) >= 11 is 1.61. The zero-order chi connectivity index (χ0) is 17.9. The number of rotatable bonds is 5. The first-order valence-corrected chi connectivity index (χ1v) is 9.39. The van der Waals surface area contributed by atoms with Gasteiger partial charge in [-0.1, -0.05) is 11.2 Å². The number of pyridine rings is 1. The van der Waals surface area contributed by atoms with Gasteiger partial charge in [0.2, 0.25) is 5.91 Å². The molecule has 3 aromatic heterocycles. The van der Waals surface area contributed by atoms with E-state index in [9.17, 15) is 4.79 Å². The minimum absolute atomic E-state index is 0.0781. The molecule has 0 spiro atoms. The molecule has 26 heavy (non-hydrogen) atoms. The zero-order valence-electron chi connectivity index (χ0n) is 14.4. The van der Waals surface area contributed by atoms with E-state index in [0.29, 0.717) is 18.1 Å². The Bertz CT molecular complexity index is 875. The monoisotopic (exact) mass is 369 g/mol. The van der Waals surface area contributed by atoms with Crippen molar-refractivity contribution in [1.29, 1.82) is 0 Å². The number of amides is 1. The van der Waals surface area contributed by atoms with Crippen LogP contribution < -0.4 is 10.2 Å². The number of hydrogen-bond donors (Lipinski definition) is 1. The Morgan fingerprint density at radius 2 is 2.35 bits per heavy atom. The largest absolute Gasteiger partial charge is 0.354 e. The molecule has 1 aliphatic heterocycles. The molecule has 1 fully saturated rings. The molecule has 0 bridgehead atoms. The van der Waals surface area contributed by atoms with Crippen molar-refractivity contribution in [2.75, 3.05) is 18.0 Å². The van der Waals surface area contributed by atoms with Gasteiger partial charge in [0.25, 0.3) is 5.89 Å². The van der Waals surface area contributed by atoms with Crippen LogP contribution in [0.5, 0.6) is 0 Å². The number of hydrogen-bond acceptors (Lipinski definition) is 7. The number of carbonyl (C=O) groups is 1. The fourth-order valence-electron chi connectivity index (χ4n) is 3.05. The average Bonchev–Trinajstić information content (AvgIpc) is 3.38. The Morgan fingerprint density at radius 3 is 3.04 bits per heavy atom. The van der Waals surface area contributed by atoms with Crippen LogP contribution in [0.2, 0.25) is 0 Å². The first-order valence-electron chi connectivity index (χ1n) is 8.51. The summed E-state index contributed by atoms with van der Waals surface area (Å²) in [7, 11) is 0. The van der Waals surface area contributed by atoms with Crippen molar-refractivity contribution >= 4 is 23.1 Å². The second kappa shape index (κ2) is 7.25. The Kier molecular flexibility index (Phi) is 4.66. The molecule has 0 unspecified atom stereocenters. The van der Waals surface area contributed by atoms with E-state index in [0.717, 1.165) is 35.8 Å². The SMILES string of the molecule is Cc1noc(-c2ccc(N3CC[C@@H](NC(=O)Cc4cccs4)C3)nc2)n1. The summed E-state index contributed by atoms with van der Waals surface area (Å²) in [5.41, 5.74) is 0.800. The number of nitrogens with zero attached hydrogens (tertiary/aromatic N) is 4. The van der Waals surface area contributed by atoms with Crippen molar-refractivity contribution in [2.24, 2.45) is 0 Å². The predicted octanol–water partition coefficient (Wildman–Crippen LogP) is 2.44. The summed E-state index contributed by atoms with van der Waals surface area (Å²) in [6.45, 7) is 3.42. The normalized spacial score (nSPS) is 16.8. The quantitative estimate of drug-likeness (QED) is 0.744. The summed E-state index contributed by atoms with van der Waals surface area (Å²) < 4.78 is 5.16. The van der Waals surface area contributed by atoms with E-state index in [4.69, 9.17) is 4.52 Å². The minimum Gasteiger partial charge on any atom is -0.354 e. The number of aryl methyl sites for hydroxylation is 1. The smallest absolute Gasteiger partial charge is 0.259 e. The molecular formula is C18H19N5O2S. The molecule has 1 saturated heterocycles. The lowest BCUT2D eigenvalue weighted by Gasteiger charge is -2.18. The summed E-state index contributed by atoms with van der Waals surface area (Å²) in [5, 5.41) is 8.91. The van der Waals surface area contributed by atoms with Crippen LogP contribution >= 0.6 is 11.3 Å². The maximum absolute atomic E-state index is 12.2. The molecule has 1 atom stereocenters. The van der Waals surface area contributed by atoms with Gasteiger partial charge in [0.15, 0.2) is 5.82 Å². The van der Waals surface area contributed by atoms with Gasteiger partial charge in [0.1, 0.15) is 5.82 Å². The standard InChI is InChI=1S/C18H19N5O2S/c1-12-20-18(25-22-12)13-4-5-16(19-10-13)23-7-6-14(11-23)21-17(24)9-15-3-2-8-26-15/h2-5,8,10,14H,6-7,9,11H2,1H3,(H,21,24)/t14-/m1/s1. The molecular weight excluding hydrogens is 350 g/mol. The number of anilines is 1. The minimum atomic E-state index is 0.0781. The maximum Gasteiger partial charge on any atom is 0.259 e. The fourth-order valence-corrected chi connectivity index (χ4v) is 3.75. The summed E-state index contributed by atoms with van der Waals surface area (Å²) in [6, 6.07) is 7.99. The van der Waals surface area contributed by atoms with E-state index >= 15 is 0 Å². The maximum atomic E-state index is 12.2. The highest BCUT2D eigenvalue weighted by atomic mass is 32.1. The van der Waals surface area contributed by atoms with Gasteiger partial charge in [-0.25, -0.2) is 4.98 Å². The Hall–Kier alpha value is -2.74.